The van der Waals surface area contributed by atoms with Crippen molar-refractivity contribution in [1.82, 2.24) is 10.2 Å². The van der Waals surface area contributed by atoms with Crippen molar-refractivity contribution in [2.45, 2.75) is 20.8 Å². The Morgan fingerprint density at radius 2 is 2.13 bits per heavy atom. The predicted molar refractivity (Wildman–Crippen MR) is 60.6 cm³/mol. The zero-order valence-corrected chi connectivity index (χ0v) is 9.16. The number of aromatic amines is 1. The summed E-state index contributed by atoms with van der Waals surface area (Å²) in [5, 5.41) is 9.56. The first-order valence-electron chi connectivity index (χ1n) is 4.77. The third-order valence-corrected chi connectivity index (χ3v) is 1.93. The van der Waals surface area contributed by atoms with Gasteiger partial charge in [-0.1, -0.05) is 18.2 Å². The summed E-state index contributed by atoms with van der Waals surface area (Å²) in [6, 6.07) is 0. The van der Waals surface area contributed by atoms with Crippen molar-refractivity contribution in [3.63, 3.8) is 0 Å². The van der Waals surface area contributed by atoms with Crippen LogP contribution in [-0.4, -0.2) is 16.1 Å². The third kappa shape index (κ3) is 3.09. The molecule has 0 aliphatic carbocycles. The Hall–Kier alpha value is -1.84. The molecular formula is C11H15N3O. The standard InChI is InChI=1S/C11H15N3O/c1-4-5-6-7-10(15)12-11-8(2)13-14-9(11)3/h4-7H,1-3H3,(H,12,15)(H,13,14)/b5-4+,7-6+. The third-order valence-electron chi connectivity index (χ3n) is 1.93. The molecule has 0 aromatic carbocycles. The summed E-state index contributed by atoms with van der Waals surface area (Å²) in [6.07, 6.45) is 6.83. The van der Waals surface area contributed by atoms with E-state index in [1.807, 2.05) is 26.8 Å². The maximum atomic E-state index is 11.4. The molecule has 0 fully saturated rings. The second-order valence-corrected chi connectivity index (χ2v) is 3.18. The number of rotatable bonds is 3. The molecule has 1 amide bonds. The maximum absolute atomic E-state index is 11.4. The molecule has 4 nitrogen and oxygen atoms in total. The minimum atomic E-state index is -0.152. The lowest BCUT2D eigenvalue weighted by molar-refractivity contribution is -0.111. The number of hydrogen-bond acceptors (Lipinski definition) is 2. The number of carbonyl (C=O) groups excluding carboxylic acids is 1. The van der Waals surface area contributed by atoms with Gasteiger partial charge in [0.1, 0.15) is 0 Å². The van der Waals surface area contributed by atoms with Crippen LogP contribution in [0.1, 0.15) is 18.3 Å². The number of amides is 1. The molecule has 1 heterocycles. The minimum Gasteiger partial charge on any atom is -0.319 e. The Kier molecular flexibility index (Phi) is 3.85. The fraction of sp³-hybridized carbons (Fsp3) is 0.273. The van der Waals surface area contributed by atoms with Crippen molar-refractivity contribution >= 4 is 11.6 Å². The van der Waals surface area contributed by atoms with Crippen LogP contribution in [-0.2, 0) is 4.79 Å². The molecule has 0 saturated carbocycles. The van der Waals surface area contributed by atoms with Crippen LogP contribution in [0.4, 0.5) is 5.69 Å². The van der Waals surface area contributed by atoms with Crippen molar-refractivity contribution in [2.75, 3.05) is 5.32 Å². The van der Waals surface area contributed by atoms with Crippen LogP contribution in [0.25, 0.3) is 0 Å². The van der Waals surface area contributed by atoms with Crippen molar-refractivity contribution < 1.29 is 4.79 Å². The molecule has 0 bridgehead atoms. The van der Waals surface area contributed by atoms with Gasteiger partial charge in [-0.25, -0.2) is 0 Å². The zero-order chi connectivity index (χ0) is 11.3. The van der Waals surface area contributed by atoms with Gasteiger partial charge in [0, 0.05) is 6.08 Å². The van der Waals surface area contributed by atoms with Crippen LogP contribution in [0.5, 0.6) is 0 Å². The molecule has 1 aromatic heterocycles. The molecule has 0 saturated heterocycles. The van der Waals surface area contributed by atoms with E-state index in [2.05, 4.69) is 15.5 Å². The van der Waals surface area contributed by atoms with E-state index in [1.54, 1.807) is 12.2 Å². The van der Waals surface area contributed by atoms with Crippen LogP contribution in [0.2, 0.25) is 0 Å². The highest BCUT2D eigenvalue weighted by molar-refractivity contribution is 6.00. The lowest BCUT2D eigenvalue weighted by atomic mass is 10.3. The quantitative estimate of drug-likeness (QED) is 0.586. The average molecular weight is 205 g/mol. The first-order chi connectivity index (χ1) is 7.15. The molecule has 1 rings (SSSR count). The van der Waals surface area contributed by atoms with Gasteiger partial charge in [0.15, 0.2) is 0 Å². The summed E-state index contributed by atoms with van der Waals surface area (Å²) in [4.78, 5) is 11.4. The van der Waals surface area contributed by atoms with Crippen molar-refractivity contribution in [3.05, 3.63) is 35.7 Å². The smallest absolute Gasteiger partial charge is 0.248 e. The van der Waals surface area contributed by atoms with E-state index in [-0.39, 0.29) is 5.91 Å². The summed E-state index contributed by atoms with van der Waals surface area (Å²) in [6.45, 7) is 5.60. The molecule has 0 aliphatic heterocycles. The number of H-pyrrole nitrogens is 1. The van der Waals surface area contributed by atoms with Gasteiger partial charge in [0.25, 0.3) is 0 Å². The molecule has 0 aliphatic rings. The molecular weight excluding hydrogens is 190 g/mol. The van der Waals surface area contributed by atoms with Crippen LogP contribution in [0.3, 0.4) is 0 Å². The highest BCUT2D eigenvalue weighted by Crippen LogP contribution is 2.15. The van der Waals surface area contributed by atoms with Crippen LogP contribution >= 0.6 is 0 Å². The average Bonchev–Trinajstić information content (AvgIpc) is 2.50. The van der Waals surface area contributed by atoms with Gasteiger partial charge in [-0.15, -0.1) is 0 Å². The predicted octanol–water partition coefficient (Wildman–Crippen LogP) is 2.10. The molecule has 0 radical (unpaired) electrons. The van der Waals surface area contributed by atoms with E-state index in [4.69, 9.17) is 0 Å². The zero-order valence-electron chi connectivity index (χ0n) is 9.16. The fourth-order valence-electron chi connectivity index (χ4n) is 1.15. The van der Waals surface area contributed by atoms with Crippen LogP contribution in [0, 0.1) is 13.8 Å². The number of nitrogens with zero attached hydrogens (tertiary/aromatic N) is 1. The number of allylic oxidation sites excluding steroid dienone is 3. The topological polar surface area (TPSA) is 57.8 Å². The van der Waals surface area contributed by atoms with Gasteiger partial charge < -0.3 is 5.32 Å². The Labute approximate surface area is 89.1 Å². The molecule has 0 atom stereocenters. The van der Waals surface area contributed by atoms with Crippen molar-refractivity contribution in [3.8, 4) is 0 Å². The normalized spacial score (nSPS) is 11.4. The van der Waals surface area contributed by atoms with E-state index < -0.39 is 0 Å². The number of anilines is 1. The Bertz CT molecular complexity index is 382. The summed E-state index contributed by atoms with van der Waals surface area (Å²) in [5.41, 5.74) is 2.41. The number of carbonyl (C=O) groups is 1. The van der Waals surface area contributed by atoms with Crippen LogP contribution < -0.4 is 5.32 Å². The second kappa shape index (κ2) is 5.14. The monoisotopic (exact) mass is 205 g/mol. The molecule has 1 aromatic rings. The van der Waals surface area contributed by atoms with Gasteiger partial charge >= 0.3 is 0 Å². The molecule has 2 N–H and O–H groups in total. The Balaban J connectivity index is 2.66. The Morgan fingerprint density at radius 3 is 2.67 bits per heavy atom. The fourth-order valence-corrected chi connectivity index (χ4v) is 1.15. The SMILES string of the molecule is C/C=C/C=C/C(=O)Nc1c(C)n[nH]c1C. The van der Waals surface area contributed by atoms with Gasteiger partial charge in [0.05, 0.1) is 17.1 Å². The number of hydrogen-bond donors (Lipinski definition) is 2. The van der Waals surface area contributed by atoms with Gasteiger partial charge in [-0.05, 0) is 20.8 Å². The van der Waals surface area contributed by atoms with Crippen molar-refractivity contribution in [1.29, 1.82) is 0 Å². The van der Waals surface area contributed by atoms with E-state index in [9.17, 15) is 4.79 Å². The highest BCUT2D eigenvalue weighted by Gasteiger charge is 2.07. The largest absolute Gasteiger partial charge is 0.319 e. The summed E-state index contributed by atoms with van der Waals surface area (Å²) in [5.74, 6) is -0.152. The van der Waals surface area contributed by atoms with Gasteiger partial charge in [-0.3, -0.25) is 9.89 Å². The maximum Gasteiger partial charge on any atom is 0.248 e. The molecule has 4 heteroatoms. The van der Waals surface area contributed by atoms with E-state index in [0.29, 0.717) is 0 Å². The molecule has 80 valence electrons. The van der Waals surface area contributed by atoms with Crippen molar-refractivity contribution in [2.24, 2.45) is 0 Å². The van der Waals surface area contributed by atoms with E-state index in [1.165, 1.54) is 6.08 Å². The number of aromatic nitrogens is 2. The molecule has 15 heavy (non-hydrogen) atoms. The lowest BCUT2D eigenvalue weighted by Gasteiger charge is -2.00. The number of aryl methyl sites for hydroxylation is 2. The first-order valence-corrected chi connectivity index (χ1v) is 4.77. The van der Waals surface area contributed by atoms with E-state index >= 15 is 0 Å². The minimum absolute atomic E-state index is 0.152. The van der Waals surface area contributed by atoms with E-state index in [0.717, 1.165) is 17.1 Å². The second-order valence-electron chi connectivity index (χ2n) is 3.18. The van der Waals surface area contributed by atoms with Gasteiger partial charge in [-0.2, -0.15) is 5.10 Å². The highest BCUT2D eigenvalue weighted by atomic mass is 16.1. The number of nitrogens with one attached hydrogen (secondary N) is 2. The lowest BCUT2D eigenvalue weighted by Crippen LogP contribution is -2.08. The van der Waals surface area contributed by atoms with Gasteiger partial charge in [0.2, 0.25) is 5.91 Å². The summed E-state index contributed by atoms with van der Waals surface area (Å²) < 4.78 is 0. The summed E-state index contributed by atoms with van der Waals surface area (Å²) in [7, 11) is 0. The van der Waals surface area contributed by atoms with Crippen LogP contribution in [0.15, 0.2) is 24.3 Å². The first kappa shape index (κ1) is 11.2. The molecule has 0 spiro atoms. The Morgan fingerprint density at radius 1 is 1.40 bits per heavy atom. The molecule has 0 unspecified atom stereocenters. The summed E-state index contributed by atoms with van der Waals surface area (Å²) >= 11 is 0.